The SMILES string of the molecule is CC1CC1CN(C)S(=O)(=O)c1ccc(C#N)cc1N. The summed E-state index contributed by atoms with van der Waals surface area (Å²) in [6, 6.07) is 6.19. The van der Waals surface area contributed by atoms with Crippen molar-refractivity contribution in [3.05, 3.63) is 23.8 Å². The number of hydrogen-bond acceptors (Lipinski definition) is 4. The van der Waals surface area contributed by atoms with Crippen molar-refractivity contribution >= 4 is 15.7 Å². The number of rotatable bonds is 4. The Balaban J connectivity index is 2.26. The molecule has 2 unspecified atom stereocenters. The monoisotopic (exact) mass is 279 g/mol. The maximum Gasteiger partial charge on any atom is 0.244 e. The summed E-state index contributed by atoms with van der Waals surface area (Å²) in [5.74, 6) is 1.04. The van der Waals surface area contributed by atoms with Gasteiger partial charge in [-0.1, -0.05) is 6.92 Å². The van der Waals surface area contributed by atoms with E-state index in [0.29, 0.717) is 23.9 Å². The van der Waals surface area contributed by atoms with Gasteiger partial charge in [-0.25, -0.2) is 12.7 Å². The third-order valence-electron chi connectivity index (χ3n) is 3.59. The van der Waals surface area contributed by atoms with Crippen LogP contribution in [0.5, 0.6) is 0 Å². The Labute approximate surface area is 113 Å². The van der Waals surface area contributed by atoms with Gasteiger partial charge in [0.2, 0.25) is 10.0 Å². The van der Waals surface area contributed by atoms with E-state index in [1.165, 1.54) is 22.5 Å². The molecule has 0 bridgehead atoms. The van der Waals surface area contributed by atoms with E-state index in [2.05, 4.69) is 6.92 Å². The molecular weight excluding hydrogens is 262 g/mol. The molecule has 19 heavy (non-hydrogen) atoms. The molecule has 1 aromatic carbocycles. The normalized spacial score (nSPS) is 22.2. The molecule has 0 spiro atoms. The first kappa shape index (κ1) is 13.8. The summed E-state index contributed by atoms with van der Waals surface area (Å²) >= 11 is 0. The first-order chi connectivity index (χ1) is 8.86. The van der Waals surface area contributed by atoms with Gasteiger partial charge in [0.05, 0.1) is 17.3 Å². The van der Waals surface area contributed by atoms with Gasteiger partial charge < -0.3 is 5.73 Å². The van der Waals surface area contributed by atoms with Crippen LogP contribution in [-0.4, -0.2) is 26.3 Å². The fourth-order valence-electron chi connectivity index (χ4n) is 2.10. The zero-order chi connectivity index (χ0) is 14.2. The Bertz CT molecular complexity index is 634. The standard InChI is InChI=1S/C13H17N3O2S/c1-9-5-11(9)8-16(2)19(17,18)13-4-3-10(7-14)6-12(13)15/h3-4,6,9,11H,5,8,15H2,1-2H3. The fourth-order valence-corrected chi connectivity index (χ4v) is 3.42. The van der Waals surface area contributed by atoms with Crippen molar-refractivity contribution in [2.45, 2.75) is 18.2 Å². The lowest BCUT2D eigenvalue weighted by molar-refractivity contribution is 0.445. The molecular formula is C13H17N3O2S. The van der Waals surface area contributed by atoms with Gasteiger partial charge in [-0.05, 0) is 36.5 Å². The van der Waals surface area contributed by atoms with E-state index in [9.17, 15) is 8.42 Å². The van der Waals surface area contributed by atoms with Crippen LogP contribution in [0.25, 0.3) is 0 Å². The van der Waals surface area contributed by atoms with Crippen molar-refractivity contribution < 1.29 is 8.42 Å². The van der Waals surface area contributed by atoms with Crippen LogP contribution in [0.4, 0.5) is 5.69 Å². The minimum absolute atomic E-state index is 0.0716. The van der Waals surface area contributed by atoms with E-state index in [0.717, 1.165) is 6.42 Å². The number of nitrogens with two attached hydrogens (primary N) is 1. The Morgan fingerprint density at radius 2 is 2.16 bits per heavy atom. The molecule has 0 amide bonds. The van der Waals surface area contributed by atoms with Gasteiger partial charge >= 0.3 is 0 Å². The number of hydrogen-bond donors (Lipinski definition) is 1. The van der Waals surface area contributed by atoms with E-state index >= 15 is 0 Å². The van der Waals surface area contributed by atoms with Gasteiger partial charge in [0, 0.05) is 13.6 Å². The van der Waals surface area contributed by atoms with Crippen LogP contribution in [0, 0.1) is 23.2 Å². The summed E-state index contributed by atoms with van der Waals surface area (Å²) in [7, 11) is -2.01. The molecule has 1 fully saturated rings. The van der Waals surface area contributed by atoms with Crippen molar-refractivity contribution in [3.8, 4) is 6.07 Å². The van der Waals surface area contributed by atoms with Crippen LogP contribution in [-0.2, 0) is 10.0 Å². The van der Waals surface area contributed by atoms with Crippen molar-refractivity contribution in [2.24, 2.45) is 11.8 Å². The number of sulfonamides is 1. The molecule has 2 rings (SSSR count). The van der Waals surface area contributed by atoms with Crippen molar-refractivity contribution in [2.75, 3.05) is 19.3 Å². The maximum absolute atomic E-state index is 12.4. The predicted octanol–water partition coefficient (Wildman–Crippen LogP) is 1.42. The molecule has 5 nitrogen and oxygen atoms in total. The number of nitrogens with zero attached hydrogens (tertiary/aromatic N) is 2. The molecule has 1 aromatic rings. The number of benzene rings is 1. The first-order valence-corrected chi connectivity index (χ1v) is 7.56. The van der Waals surface area contributed by atoms with Crippen LogP contribution in [0.15, 0.2) is 23.1 Å². The molecule has 1 aliphatic carbocycles. The van der Waals surface area contributed by atoms with E-state index < -0.39 is 10.0 Å². The minimum Gasteiger partial charge on any atom is -0.398 e. The molecule has 1 aliphatic rings. The third kappa shape index (κ3) is 2.72. The summed E-state index contributed by atoms with van der Waals surface area (Å²) in [5.41, 5.74) is 6.21. The molecule has 0 aliphatic heterocycles. The zero-order valence-corrected chi connectivity index (χ0v) is 11.8. The summed E-state index contributed by atoms with van der Waals surface area (Å²) < 4.78 is 26.1. The van der Waals surface area contributed by atoms with Crippen LogP contribution in [0.3, 0.4) is 0 Å². The summed E-state index contributed by atoms with van der Waals surface area (Å²) in [6.07, 6.45) is 1.07. The number of anilines is 1. The molecule has 0 saturated heterocycles. The second-order valence-corrected chi connectivity index (χ2v) is 7.14. The molecule has 0 radical (unpaired) electrons. The molecule has 6 heteroatoms. The maximum atomic E-state index is 12.4. The van der Waals surface area contributed by atoms with E-state index in [4.69, 9.17) is 11.0 Å². The van der Waals surface area contributed by atoms with Crippen LogP contribution in [0.2, 0.25) is 0 Å². The van der Waals surface area contributed by atoms with Crippen molar-refractivity contribution in [1.29, 1.82) is 5.26 Å². The molecule has 2 N–H and O–H groups in total. The molecule has 1 saturated carbocycles. The third-order valence-corrected chi connectivity index (χ3v) is 5.49. The van der Waals surface area contributed by atoms with Gasteiger partial charge in [-0.3, -0.25) is 0 Å². The van der Waals surface area contributed by atoms with Gasteiger partial charge in [-0.2, -0.15) is 5.26 Å². The quantitative estimate of drug-likeness (QED) is 0.844. The van der Waals surface area contributed by atoms with Gasteiger partial charge in [0.15, 0.2) is 0 Å². The Kier molecular flexibility index (Phi) is 3.52. The Hall–Kier alpha value is -1.58. The van der Waals surface area contributed by atoms with Crippen molar-refractivity contribution in [1.82, 2.24) is 4.31 Å². The van der Waals surface area contributed by atoms with Crippen LogP contribution < -0.4 is 5.73 Å². The molecule has 102 valence electrons. The highest BCUT2D eigenvalue weighted by Crippen LogP contribution is 2.39. The van der Waals surface area contributed by atoms with Gasteiger partial charge in [-0.15, -0.1) is 0 Å². The van der Waals surface area contributed by atoms with Gasteiger partial charge in [0.25, 0.3) is 0 Å². The van der Waals surface area contributed by atoms with Crippen molar-refractivity contribution in [3.63, 3.8) is 0 Å². The second-order valence-electron chi connectivity index (χ2n) is 5.12. The summed E-state index contributed by atoms with van der Waals surface area (Å²) in [5, 5.41) is 8.76. The average Bonchev–Trinajstić information content (AvgIpc) is 3.04. The van der Waals surface area contributed by atoms with Crippen LogP contribution >= 0.6 is 0 Å². The fraction of sp³-hybridized carbons (Fsp3) is 0.462. The lowest BCUT2D eigenvalue weighted by Gasteiger charge is -2.18. The van der Waals surface area contributed by atoms with E-state index in [1.54, 1.807) is 7.05 Å². The molecule has 0 aromatic heterocycles. The smallest absolute Gasteiger partial charge is 0.244 e. The topological polar surface area (TPSA) is 87.2 Å². The highest BCUT2D eigenvalue weighted by Gasteiger charge is 2.36. The Morgan fingerprint density at radius 3 is 2.63 bits per heavy atom. The zero-order valence-electron chi connectivity index (χ0n) is 11.0. The minimum atomic E-state index is -3.57. The summed E-state index contributed by atoms with van der Waals surface area (Å²) in [4.78, 5) is 0.0716. The van der Waals surface area contributed by atoms with E-state index in [1.807, 2.05) is 6.07 Å². The second kappa shape index (κ2) is 4.83. The molecule has 2 atom stereocenters. The largest absolute Gasteiger partial charge is 0.398 e. The van der Waals surface area contributed by atoms with Crippen LogP contribution in [0.1, 0.15) is 18.9 Å². The van der Waals surface area contributed by atoms with E-state index in [-0.39, 0.29) is 10.6 Å². The summed E-state index contributed by atoms with van der Waals surface area (Å²) in [6.45, 7) is 2.63. The highest BCUT2D eigenvalue weighted by atomic mass is 32.2. The average molecular weight is 279 g/mol. The predicted molar refractivity (Wildman–Crippen MR) is 72.7 cm³/mol. The number of nitrogen functional groups attached to an aromatic ring is 1. The number of nitriles is 1. The Morgan fingerprint density at radius 1 is 1.53 bits per heavy atom. The van der Waals surface area contributed by atoms with Gasteiger partial charge in [0.1, 0.15) is 4.90 Å². The highest BCUT2D eigenvalue weighted by molar-refractivity contribution is 7.89. The lowest BCUT2D eigenvalue weighted by atomic mass is 10.2. The lowest BCUT2D eigenvalue weighted by Crippen LogP contribution is -2.29. The first-order valence-electron chi connectivity index (χ1n) is 6.12. The molecule has 0 heterocycles.